The lowest BCUT2D eigenvalue weighted by Crippen LogP contribution is -2.33. The number of unbranched alkanes of at least 4 members (excludes halogenated alkanes) is 2. The maximum Gasteiger partial charge on any atom is 0.464 e. The van der Waals surface area contributed by atoms with Crippen molar-refractivity contribution in [1.29, 1.82) is 0 Å². The standard InChI is InChI=1S/C7H11F5S/c1-2-3-4-5-13-7(11,12)6(8,9)10/h2-5H2,1H3. The van der Waals surface area contributed by atoms with Gasteiger partial charge in [-0.3, -0.25) is 0 Å². The molecule has 0 saturated heterocycles. The van der Waals surface area contributed by atoms with Gasteiger partial charge in [-0.25, -0.2) is 0 Å². The normalized spacial score (nSPS) is 13.4. The lowest BCUT2D eigenvalue weighted by atomic mass is 10.3. The molecule has 0 nitrogen and oxygen atoms in total. The quantitative estimate of drug-likeness (QED) is 0.499. The second kappa shape index (κ2) is 5.02. The van der Waals surface area contributed by atoms with Crippen molar-refractivity contribution in [2.24, 2.45) is 0 Å². The minimum atomic E-state index is -5.43. The number of hydrogen-bond donors (Lipinski definition) is 0. The van der Waals surface area contributed by atoms with Crippen molar-refractivity contribution in [3.05, 3.63) is 0 Å². The summed E-state index contributed by atoms with van der Waals surface area (Å²) in [4.78, 5) is 0. The average molecular weight is 222 g/mol. The summed E-state index contributed by atoms with van der Waals surface area (Å²) in [5.74, 6) is -0.152. The van der Waals surface area contributed by atoms with E-state index in [0.717, 1.165) is 6.42 Å². The van der Waals surface area contributed by atoms with E-state index in [9.17, 15) is 22.0 Å². The van der Waals surface area contributed by atoms with Crippen LogP contribution < -0.4 is 0 Å². The van der Waals surface area contributed by atoms with Crippen molar-refractivity contribution in [1.82, 2.24) is 0 Å². The van der Waals surface area contributed by atoms with Crippen LogP contribution in [-0.2, 0) is 0 Å². The monoisotopic (exact) mass is 222 g/mol. The van der Waals surface area contributed by atoms with Crippen molar-refractivity contribution in [2.75, 3.05) is 5.75 Å². The number of rotatable bonds is 5. The third kappa shape index (κ3) is 4.69. The number of alkyl halides is 5. The zero-order valence-corrected chi connectivity index (χ0v) is 7.94. The number of thioether (sulfide) groups is 1. The van der Waals surface area contributed by atoms with E-state index >= 15 is 0 Å². The fourth-order valence-electron chi connectivity index (χ4n) is 0.634. The van der Waals surface area contributed by atoms with Crippen LogP contribution in [-0.4, -0.2) is 17.2 Å². The Kier molecular flexibility index (Phi) is 5.02. The Morgan fingerprint density at radius 3 is 1.92 bits per heavy atom. The topological polar surface area (TPSA) is 0 Å². The highest BCUT2D eigenvalue weighted by molar-refractivity contribution is 8.00. The molecule has 0 aliphatic rings. The highest BCUT2D eigenvalue weighted by Crippen LogP contribution is 2.44. The second-order valence-electron chi connectivity index (χ2n) is 2.57. The predicted octanol–water partition coefficient (Wildman–Crippen LogP) is 4.06. The molecule has 0 spiro atoms. The first-order valence-corrected chi connectivity index (χ1v) is 4.88. The molecule has 0 unspecified atom stereocenters. The van der Waals surface area contributed by atoms with Crippen molar-refractivity contribution in [3.63, 3.8) is 0 Å². The molecule has 0 aliphatic heterocycles. The van der Waals surface area contributed by atoms with Gasteiger partial charge in [0.05, 0.1) is 0 Å². The molecule has 0 saturated carbocycles. The lowest BCUT2D eigenvalue weighted by molar-refractivity contribution is -0.237. The van der Waals surface area contributed by atoms with Crippen molar-refractivity contribution in [2.45, 2.75) is 37.6 Å². The van der Waals surface area contributed by atoms with Gasteiger partial charge in [-0.1, -0.05) is 31.5 Å². The largest absolute Gasteiger partial charge is 0.464 e. The molecule has 0 radical (unpaired) electrons. The van der Waals surface area contributed by atoms with Crippen molar-refractivity contribution < 1.29 is 22.0 Å². The van der Waals surface area contributed by atoms with Gasteiger partial charge < -0.3 is 0 Å². The molecule has 0 aromatic heterocycles. The summed E-state index contributed by atoms with van der Waals surface area (Å²) < 4.78 is 59.1. The molecule has 0 aromatic rings. The van der Waals surface area contributed by atoms with Gasteiger partial charge in [0, 0.05) is 0 Å². The van der Waals surface area contributed by atoms with E-state index in [0.29, 0.717) is 12.8 Å². The molecule has 80 valence electrons. The lowest BCUT2D eigenvalue weighted by Gasteiger charge is -2.18. The Morgan fingerprint density at radius 2 is 1.54 bits per heavy atom. The van der Waals surface area contributed by atoms with Crippen LogP contribution in [0.3, 0.4) is 0 Å². The van der Waals surface area contributed by atoms with E-state index < -0.39 is 11.4 Å². The molecule has 6 heteroatoms. The van der Waals surface area contributed by atoms with Gasteiger partial charge in [0.25, 0.3) is 0 Å². The fourth-order valence-corrected chi connectivity index (χ4v) is 1.40. The summed E-state index contributed by atoms with van der Waals surface area (Å²) in [7, 11) is 0. The highest BCUT2D eigenvalue weighted by Gasteiger charge is 2.57. The molecular weight excluding hydrogens is 211 g/mol. The van der Waals surface area contributed by atoms with E-state index in [2.05, 4.69) is 0 Å². The third-order valence-corrected chi connectivity index (χ3v) is 2.45. The van der Waals surface area contributed by atoms with E-state index in [1.165, 1.54) is 0 Å². The first kappa shape index (κ1) is 13.0. The van der Waals surface area contributed by atoms with Gasteiger partial charge in [0.1, 0.15) is 0 Å². The van der Waals surface area contributed by atoms with E-state index in [1.807, 2.05) is 6.92 Å². The molecule has 0 rings (SSSR count). The summed E-state index contributed by atoms with van der Waals surface area (Å²) in [6, 6.07) is 0. The molecule has 0 N–H and O–H groups in total. The molecular formula is C7H11F5S. The van der Waals surface area contributed by atoms with Crippen LogP contribution in [0.4, 0.5) is 22.0 Å². The maximum absolute atomic E-state index is 12.2. The van der Waals surface area contributed by atoms with Crippen LogP contribution in [0, 0.1) is 0 Å². The summed E-state index contributed by atoms with van der Waals surface area (Å²) in [6.07, 6.45) is -3.55. The van der Waals surface area contributed by atoms with Crippen LogP contribution >= 0.6 is 11.8 Å². The Labute approximate surface area is 77.9 Å². The van der Waals surface area contributed by atoms with Crippen LogP contribution in [0.5, 0.6) is 0 Å². The Bertz CT molecular complexity index is 142. The number of hydrogen-bond acceptors (Lipinski definition) is 1. The summed E-state index contributed by atoms with van der Waals surface area (Å²) in [6.45, 7) is 1.85. The highest BCUT2D eigenvalue weighted by atomic mass is 32.2. The van der Waals surface area contributed by atoms with Crippen molar-refractivity contribution in [3.8, 4) is 0 Å². The zero-order chi connectivity index (χ0) is 10.5. The van der Waals surface area contributed by atoms with Crippen LogP contribution in [0.25, 0.3) is 0 Å². The summed E-state index contributed by atoms with van der Waals surface area (Å²) >= 11 is -0.333. The van der Waals surface area contributed by atoms with Crippen molar-refractivity contribution >= 4 is 11.8 Å². The first-order chi connectivity index (χ1) is 5.81. The van der Waals surface area contributed by atoms with Gasteiger partial charge in [-0.15, -0.1) is 0 Å². The average Bonchev–Trinajstić information content (AvgIpc) is 1.96. The van der Waals surface area contributed by atoms with Crippen LogP contribution in [0.2, 0.25) is 0 Å². The fraction of sp³-hybridized carbons (Fsp3) is 1.00. The molecule has 0 aromatic carbocycles. The van der Waals surface area contributed by atoms with Gasteiger partial charge in [-0.05, 0) is 12.2 Å². The van der Waals surface area contributed by atoms with Crippen LogP contribution in [0.15, 0.2) is 0 Å². The van der Waals surface area contributed by atoms with Gasteiger partial charge in [0.15, 0.2) is 0 Å². The SMILES string of the molecule is CCCCCSC(F)(F)C(F)(F)F. The van der Waals surface area contributed by atoms with Gasteiger partial charge >= 0.3 is 11.4 Å². The molecule has 0 bridgehead atoms. The first-order valence-electron chi connectivity index (χ1n) is 3.89. The zero-order valence-electron chi connectivity index (χ0n) is 7.13. The Morgan fingerprint density at radius 1 is 1.00 bits per heavy atom. The van der Waals surface area contributed by atoms with Gasteiger partial charge in [-0.2, -0.15) is 22.0 Å². The van der Waals surface area contributed by atoms with Gasteiger partial charge in [0.2, 0.25) is 0 Å². The molecule has 0 heterocycles. The molecule has 0 aliphatic carbocycles. The molecule has 0 fully saturated rings. The molecule has 13 heavy (non-hydrogen) atoms. The molecule has 0 atom stereocenters. The van der Waals surface area contributed by atoms with E-state index in [1.54, 1.807) is 0 Å². The smallest absolute Gasteiger partial charge is 0.184 e. The third-order valence-electron chi connectivity index (χ3n) is 1.36. The Hall–Kier alpha value is -0.0000000000000000555. The van der Waals surface area contributed by atoms with E-state index in [-0.39, 0.29) is 17.5 Å². The molecule has 0 amide bonds. The number of halogens is 5. The predicted molar refractivity (Wildman–Crippen MR) is 43.0 cm³/mol. The van der Waals surface area contributed by atoms with E-state index in [4.69, 9.17) is 0 Å². The minimum Gasteiger partial charge on any atom is -0.184 e. The summed E-state index contributed by atoms with van der Waals surface area (Å²) in [5, 5.41) is -4.60. The van der Waals surface area contributed by atoms with Crippen LogP contribution in [0.1, 0.15) is 26.2 Å². The second-order valence-corrected chi connectivity index (χ2v) is 3.78. The maximum atomic E-state index is 12.2. The minimum absolute atomic E-state index is 0.152. The Balaban J connectivity index is 3.77. The summed E-state index contributed by atoms with van der Waals surface area (Å²) in [5.41, 5.74) is 0.